The maximum atomic E-state index is 13.0. The molecule has 1 aromatic heterocycles. The van der Waals surface area contributed by atoms with Crippen molar-refractivity contribution >= 4 is 11.8 Å². The number of carbonyl (C=O) groups excluding carboxylic acids is 2. The Morgan fingerprint density at radius 3 is 2.74 bits per heavy atom. The van der Waals surface area contributed by atoms with Gasteiger partial charge in [-0.3, -0.25) is 14.6 Å². The van der Waals surface area contributed by atoms with E-state index in [0.717, 1.165) is 25.1 Å². The molecule has 1 aliphatic heterocycles. The van der Waals surface area contributed by atoms with E-state index in [4.69, 9.17) is 0 Å². The Bertz CT molecular complexity index is 751. The van der Waals surface area contributed by atoms with Crippen LogP contribution < -0.4 is 16.0 Å². The number of benzene rings is 1. The fraction of sp³-hybridized carbons (Fsp3) is 0.381. The minimum absolute atomic E-state index is 0.115. The van der Waals surface area contributed by atoms with Crippen LogP contribution in [0.2, 0.25) is 0 Å². The number of nitrogens with zero attached hydrogens (tertiary/aromatic N) is 1. The molecule has 1 aliphatic rings. The summed E-state index contributed by atoms with van der Waals surface area (Å²) in [5, 5.41) is 9.35. The van der Waals surface area contributed by atoms with Crippen molar-refractivity contribution in [3.8, 4) is 0 Å². The van der Waals surface area contributed by atoms with Crippen LogP contribution in [0.3, 0.4) is 0 Å². The molecule has 0 aliphatic carbocycles. The first-order valence-electron chi connectivity index (χ1n) is 9.39. The molecule has 0 bridgehead atoms. The highest BCUT2D eigenvalue weighted by atomic mass is 16.2. The van der Waals surface area contributed by atoms with Crippen molar-refractivity contribution in [2.45, 2.75) is 31.8 Å². The average molecular weight is 366 g/mol. The minimum Gasteiger partial charge on any atom is -0.351 e. The first-order valence-corrected chi connectivity index (χ1v) is 9.39. The van der Waals surface area contributed by atoms with Crippen LogP contribution in [0.25, 0.3) is 0 Å². The molecule has 142 valence electrons. The SMILES string of the molecule is CC1CNCCC1NC(=O)C(Cc1cccnc1)NC(=O)c1ccccc1. The second kappa shape index (κ2) is 9.28. The van der Waals surface area contributed by atoms with Gasteiger partial charge in [-0.15, -0.1) is 0 Å². The number of hydrogen-bond donors (Lipinski definition) is 3. The van der Waals surface area contributed by atoms with Gasteiger partial charge in [-0.25, -0.2) is 0 Å². The topological polar surface area (TPSA) is 83.1 Å². The monoisotopic (exact) mass is 366 g/mol. The highest BCUT2D eigenvalue weighted by Crippen LogP contribution is 2.12. The van der Waals surface area contributed by atoms with Crippen LogP contribution >= 0.6 is 0 Å². The van der Waals surface area contributed by atoms with Gasteiger partial charge in [0.25, 0.3) is 5.91 Å². The molecule has 2 heterocycles. The van der Waals surface area contributed by atoms with Crippen LogP contribution in [0, 0.1) is 5.92 Å². The molecule has 27 heavy (non-hydrogen) atoms. The lowest BCUT2D eigenvalue weighted by atomic mass is 9.94. The molecule has 0 radical (unpaired) electrons. The molecule has 2 aromatic rings. The maximum absolute atomic E-state index is 13.0. The first-order chi connectivity index (χ1) is 13.1. The number of nitrogens with one attached hydrogen (secondary N) is 3. The molecule has 3 N–H and O–H groups in total. The molecule has 0 spiro atoms. The maximum Gasteiger partial charge on any atom is 0.251 e. The van der Waals surface area contributed by atoms with Crippen LogP contribution in [-0.2, 0) is 11.2 Å². The van der Waals surface area contributed by atoms with Crippen molar-refractivity contribution in [3.63, 3.8) is 0 Å². The van der Waals surface area contributed by atoms with Crippen molar-refractivity contribution in [2.24, 2.45) is 5.92 Å². The van der Waals surface area contributed by atoms with E-state index in [2.05, 4.69) is 27.9 Å². The Morgan fingerprint density at radius 2 is 2.04 bits per heavy atom. The highest BCUT2D eigenvalue weighted by molar-refractivity contribution is 5.97. The van der Waals surface area contributed by atoms with Gasteiger partial charge in [-0.1, -0.05) is 31.2 Å². The first kappa shape index (κ1) is 19.0. The van der Waals surface area contributed by atoms with Crippen molar-refractivity contribution in [2.75, 3.05) is 13.1 Å². The van der Waals surface area contributed by atoms with Gasteiger partial charge in [0.1, 0.15) is 6.04 Å². The third-order valence-corrected chi connectivity index (χ3v) is 4.93. The fourth-order valence-electron chi connectivity index (χ4n) is 3.31. The van der Waals surface area contributed by atoms with E-state index >= 15 is 0 Å². The standard InChI is InChI=1S/C21H26N4O2/c1-15-13-23-11-9-18(15)24-21(27)19(12-16-6-5-10-22-14-16)25-20(26)17-7-3-2-4-8-17/h2-8,10,14-15,18-19,23H,9,11-13H2,1H3,(H,24,27)(H,25,26). The molecule has 6 heteroatoms. The van der Waals surface area contributed by atoms with Crippen LogP contribution in [-0.4, -0.2) is 42.0 Å². The van der Waals surface area contributed by atoms with Gasteiger partial charge in [0.2, 0.25) is 5.91 Å². The summed E-state index contributed by atoms with van der Waals surface area (Å²) in [5.74, 6) is -0.0496. The summed E-state index contributed by atoms with van der Waals surface area (Å²) in [4.78, 5) is 29.7. The van der Waals surface area contributed by atoms with Crippen molar-refractivity contribution in [1.29, 1.82) is 0 Å². The Hall–Kier alpha value is -2.73. The number of amides is 2. The predicted octanol–water partition coefficient (Wildman–Crippen LogP) is 1.54. The molecule has 1 fully saturated rings. The molecule has 1 aromatic carbocycles. The molecule has 3 atom stereocenters. The van der Waals surface area contributed by atoms with Gasteiger partial charge in [0.15, 0.2) is 0 Å². The number of rotatable bonds is 6. The smallest absolute Gasteiger partial charge is 0.251 e. The van der Waals surface area contributed by atoms with E-state index in [9.17, 15) is 9.59 Å². The van der Waals surface area contributed by atoms with Crippen LogP contribution in [0.15, 0.2) is 54.9 Å². The normalized spacial score (nSPS) is 20.5. The molecule has 3 rings (SSSR count). The van der Waals surface area contributed by atoms with Crippen LogP contribution in [0.1, 0.15) is 29.3 Å². The zero-order valence-corrected chi connectivity index (χ0v) is 15.5. The van der Waals surface area contributed by atoms with Crippen molar-refractivity contribution < 1.29 is 9.59 Å². The average Bonchev–Trinajstić information content (AvgIpc) is 2.70. The summed E-state index contributed by atoms with van der Waals surface area (Å²) in [6.07, 6.45) is 4.71. The largest absolute Gasteiger partial charge is 0.351 e. The van der Waals surface area contributed by atoms with Gasteiger partial charge in [0, 0.05) is 30.4 Å². The molecular formula is C21H26N4O2. The highest BCUT2D eigenvalue weighted by Gasteiger charge is 2.27. The zero-order chi connectivity index (χ0) is 19.1. The Kier molecular flexibility index (Phi) is 6.54. The molecule has 6 nitrogen and oxygen atoms in total. The zero-order valence-electron chi connectivity index (χ0n) is 15.5. The Labute approximate surface area is 159 Å². The van der Waals surface area contributed by atoms with Gasteiger partial charge in [0.05, 0.1) is 0 Å². The number of carbonyl (C=O) groups is 2. The van der Waals surface area contributed by atoms with E-state index in [1.54, 1.807) is 24.5 Å². The summed E-state index contributed by atoms with van der Waals surface area (Å²) in [5.41, 5.74) is 1.45. The molecule has 0 saturated carbocycles. The molecule has 3 unspecified atom stereocenters. The summed E-state index contributed by atoms with van der Waals surface area (Å²) in [6, 6.07) is 12.2. The van der Waals surface area contributed by atoms with Gasteiger partial charge in [-0.05, 0) is 49.2 Å². The summed E-state index contributed by atoms with van der Waals surface area (Å²) in [7, 11) is 0. The summed E-state index contributed by atoms with van der Waals surface area (Å²) in [6.45, 7) is 3.89. The number of aromatic nitrogens is 1. The van der Waals surface area contributed by atoms with Crippen LogP contribution in [0.5, 0.6) is 0 Å². The third kappa shape index (κ3) is 5.37. The molecule has 2 amide bonds. The van der Waals surface area contributed by atoms with E-state index in [1.807, 2.05) is 30.3 Å². The minimum atomic E-state index is -0.649. The Balaban J connectivity index is 1.72. The summed E-state index contributed by atoms with van der Waals surface area (Å²) < 4.78 is 0. The van der Waals surface area contributed by atoms with Gasteiger partial charge >= 0.3 is 0 Å². The fourth-order valence-corrected chi connectivity index (χ4v) is 3.31. The summed E-state index contributed by atoms with van der Waals surface area (Å²) >= 11 is 0. The molecule has 1 saturated heterocycles. The van der Waals surface area contributed by atoms with Crippen molar-refractivity contribution in [1.82, 2.24) is 20.9 Å². The van der Waals surface area contributed by atoms with E-state index in [0.29, 0.717) is 17.9 Å². The molecular weight excluding hydrogens is 340 g/mol. The quantitative estimate of drug-likeness (QED) is 0.724. The predicted molar refractivity (Wildman–Crippen MR) is 104 cm³/mol. The second-order valence-electron chi connectivity index (χ2n) is 7.04. The number of piperidine rings is 1. The number of pyridine rings is 1. The van der Waals surface area contributed by atoms with Gasteiger partial charge < -0.3 is 16.0 Å². The second-order valence-corrected chi connectivity index (χ2v) is 7.04. The lowest BCUT2D eigenvalue weighted by molar-refractivity contribution is -0.124. The van der Waals surface area contributed by atoms with Crippen molar-refractivity contribution in [3.05, 3.63) is 66.0 Å². The van der Waals surface area contributed by atoms with E-state index in [1.165, 1.54) is 0 Å². The van der Waals surface area contributed by atoms with E-state index < -0.39 is 6.04 Å². The third-order valence-electron chi connectivity index (χ3n) is 4.93. The lowest BCUT2D eigenvalue weighted by Gasteiger charge is -2.31. The number of hydrogen-bond acceptors (Lipinski definition) is 4. The van der Waals surface area contributed by atoms with E-state index in [-0.39, 0.29) is 17.9 Å². The Morgan fingerprint density at radius 1 is 1.22 bits per heavy atom. The van der Waals surface area contributed by atoms with Gasteiger partial charge in [-0.2, -0.15) is 0 Å². The van der Waals surface area contributed by atoms with Crippen LogP contribution in [0.4, 0.5) is 0 Å². The lowest BCUT2D eigenvalue weighted by Crippen LogP contribution is -2.55.